The molecule has 1 unspecified atom stereocenters. The molecule has 15 aromatic carbocycles. The number of carbonyl (C=O) groups is 15. The molecule has 9 N–H and O–H groups in total. The molecule has 0 bridgehead atoms. The van der Waals surface area contributed by atoms with E-state index in [2.05, 4.69) is 22.0 Å². The molecule has 20 rings (SSSR count). The number of amides is 12. The van der Waals surface area contributed by atoms with Gasteiger partial charge in [0.05, 0.1) is 69.1 Å². The molecule has 15 aromatic rings. The zero-order chi connectivity index (χ0) is 94.8. The van der Waals surface area contributed by atoms with Gasteiger partial charge >= 0.3 is 47.9 Å². The fraction of sp³-hybridized carbons (Fsp3) is 0.0952. The molecule has 0 aromatic heterocycles. The quantitative estimate of drug-likeness (QED) is 0.0376. The normalized spacial score (nSPS) is 13.7. The monoisotopic (exact) mass is 1780 g/mol. The molecule has 0 radical (unpaired) electrons. The van der Waals surface area contributed by atoms with Crippen LogP contribution in [0, 0.1) is 0 Å². The Morgan fingerprint density at radius 3 is 1.09 bits per heavy atom. The zero-order valence-corrected chi connectivity index (χ0v) is 72.7. The topological polar surface area (TPSA) is 426 Å². The molecule has 134 heavy (non-hydrogen) atoms. The highest BCUT2D eigenvalue weighted by Gasteiger charge is 2.37. The fourth-order valence-electron chi connectivity index (χ4n) is 17.9. The fourth-order valence-corrected chi connectivity index (χ4v) is 17.9. The first kappa shape index (κ1) is 87.9. The lowest BCUT2D eigenvalue weighted by Gasteiger charge is -2.29. The first-order valence-corrected chi connectivity index (χ1v) is 41.5. The van der Waals surface area contributed by atoms with Gasteiger partial charge in [-0.2, -0.15) is 0 Å². The number of urea groups is 3. The number of anilines is 3. The van der Waals surface area contributed by atoms with Gasteiger partial charge in [-0.05, 0) is 273 Å². The molecule has 3 aliphatic heterocycles. The number of nitrogens with two attached hydrogens (primary N) is 3. The molecule has 3 heterocycles. The summed E-state index contributed by atoms with van der Waals surface area (Å²) in [6.45, 7) is 0. The Labute approximate surface area is 761 Å². The minimum atomic E-state index is -0.754. The lowest BCUT2D eigenvalue weighted by Crippen LogP contribution is -2.36. The number of esters is 5. The van der Waals surface area contributed by atoms with Crippen LogP contribution < -0.4 is 33.2 Å². The molecule has 0 saturated carbocycles. The number of imide groups is 3. The van der Waals surface area contributed by atoms with Gasteiger partial charge in [0, 0.05) is 99.1 Å². The standard InChI is InChI=1S/C27H19NO6.2C26H19N3O5.C26H20N2O4/c1-28-24(29)19-6-4-5-15-9-18(13-22(23(15)19)25(28)30)20-11-14-7-8-16(26(31)33-2)10-17(14)12-21(20)27(32)34-3;1-29-23(30)18-5-3-4-14-8-16(12-21(22(14)18)24(29)31)19-10-13-6-7-17(28-26(27)33)9-15(13)11-20(19)25(32)34-2;1-29-23(30)18-5-3-4-14-8-17(11-20(22(14)18)24(29)31)19-10-13-6-7-15(25(32)34-2)9-16(13)12-21(19)28-26(27)33;1-32-25(30)22-13-16-11-17(28-26(27)31)8-5-15(16)12-21(22)18-9-6-14-7-10-23(29)20-4-2-3-19(18)24(14)20/h4-13H,1-3H3;2*3-12H,1-2H3,(H3,27,28,33);2-8,10-13,18H,9H2,1H3,(H3,27,28,31). The van der Waals surface area contributed by atoms with Crippen molar-refractivity contribution in [2.24, 2.45) is 17.2 Å². The van der Waals surface area contributed by atoms with Crippen molar-refractivity contribution in [3.05, 3.63) is 332 Å². The van der Waals surface area contributed by atoms with Crippen LogP contribution in [0.15, 0.2) is 249 Å². The van der Waals surface area contributed by atoms with Crippen molar-refractivity contribution in [3.8, 4) is 33.4 Å². The molecule has 0 saturated heterocycles. The van der Waals surface area contributed by atoms with Gasteiger partial charge in [0.15, 0.2) is 5.78 Å². The number of fused-ring (bicyclic) bond motifs is 4. The van der Waals surface area contributed by atoms with E-state index in [1.54, 1.807) is 152 Å². The summed E-state index contributed by atoms with van der Waals surface area (Å²) < 4.78 is 24.7. The van der Waals surface area contributed by atoms with Gasteiger partial charge in [0.2, 0.25) is 0 Å². The third-order valence-electron chi connectivity index (χ3n) is 24.3. The van der Waals surface area contributed by atoms with Crippen molar-refractivity contribution in [2.45, 2.75) is 12.3 Å². The first-order chi connectivity index (χ1) is 64.3. The molecule has 0 spiro atoms. The van der Waals surface area contributed by atoms with Crippen LogP contribution in [0.3, 0.4) is 0 Å². The SMILES string of the molecule is COC(=O)c1cc2cc(NC(N)=O)ccc2cc1-c1cc2c3c(cccc3c1)C(=O)N(C)C2=O.COC(=O)c1cc2cc(NC(N)=O)ccc2cc1C1CC=C2C=CC(=O)c3cccc1c32.COC(=O)c1ccc2cc(-c3cc4c5c(cccc5c3)C(=O)N(C)C4=O)c(C(=O)OC)cc2c1.COC(=O)c1ccc2cc(-c3cc4c5c(cccc5c3)C(=O)N(C)C4=O)c(NC(N)=O)cc2c1. The summed E-state index contributed by atoms with van der Waals surface area (Å²) in [6, 6.07) is 65.3. The number of hydrogen-bond acceptors (Lipinski definition) is 20. The van der Waals surface area contributed by atoms with Gasteiger partial charge < -0.3 is 56.8 Å². The van der Waals surface area contributed by atoms with E-state index in [1.807, 2.05) is 91.0 Å². The van der Waals surface area contributed by atoms with E-state index in [4.69, 9.17) is 40.9 Å². The molecule has 29 nitrogen and oxygen atoms in total. The molecule has 2 aliphatic carbocycles. The van der Waals surface area contributed by atoms with E-state index in [1.165, 1.54) is 56.7 Å². The predicted octanol–water partition coefficient (Wildman–Crippen LogP) is 17.6. The first-order valence-electron chi connectivity index (χ1n) is 41.5. The van der Waals surface area contributed by atoms with Gasteiger partial charge in [0.1, 0.15) is 0 Å². The predicted molar refractivity (Wildman–Crippen MR) is 505 cm³/mol. The van der Waals surface area contributed by atoms with Crippen LogP contribution in [0.1, 0.15) is 153 Å². The van der Waals surface area contributed by atoms with Crippen LogP contribution in [-0.4, -0.2) is 161 Å². The highest BCUT2D eigenvalue weighted by Crippen LogP contribution is 2.47. The summed E-state index contributed by atoms with van der Waals surface area (Å²) in [5.74, 6) is -4.87. The maximum atomic E-state index is 13.0. The number of methoxy groups -OCH3 is 5. The Morgan fingerprint density at radius 1 is 0.306 bits per heavy atom. The number of primary amides is 3. The largest absolute Gasteiger partial charge is 0.465 e. The summed E-state index contributed by atoms with van der Waals surface area (Å²) in [6.07, 6.45) is 6.27. The number of ketones is 1. The van der Waals surface area contributed by atoms with E-state index in [0.717, 1.165) is 80.1 Å². The summed E-state index contributed by atoms with van der Waals surface area (Å²) in [5.41, 5.74) is 29.9. The lowest BCUT2D eigenvalue weighted by atomic mass is 9.74. The maximum absolute atomic E-state index is 13.0. The number of hydrogen-bond donors (Lipinski definition) is 6. The average Bonchev–Trinajstić information content (AvgIpc) is 0.771. The Hall–Kier alpha value is -18.2. The summed E-state index contributed by atoms with van der Waals surface area (Å²) in [7, 11) is 10.9. The van der Waals surface area contributed by atoms with Crippen molar-refractivity contribution in [1.82, 2.24) is 14.7 Å². The van der Waals surface area contributed by atoms with Crippen molar-refractivity contribution in [3.63, 3.8) is 0 Å². The summed E-state index contributed by atoms with van der Waals surface area (Å²) >= 11 is 0. The number of benzene rings is 15. The molecule has 12 amide bonds. The number of nitrogens with one attached hydrogen (secondary N) is 3. The second kappa shape index (κ2) is 35.1. The molecule has 0 fully saturated rings. The molecular formula is C105H77N9O20. The van der Waals surface area contributed by atoms with Crippen molar-refractivity contribution in [2.75, 3.05) is 72.6 Å². The van der Waals surface area contributed by atoms with Gasteiger partial charge in [-0.3, -0.25) is 48.3 Å². The third kappa shape index (κ3) is 15.9. The highest BCUT2D eigenvalue weighted by molar-refractivity contribution is 6.29. The number of rotatable bonds is 12. The molecule has 5 aliphatic rings. The number of carbonyl (C=O) groups excluding carboxylic acids is 15. The average molecular weight is 1780 g/mol. The minimum Gasteiger partial charge on any atom is -0.465 e. The minimum absolute atomic E-state index is 0.0131. The van der Waals surface area contributed by atoms with Crippen LogP contribution in [0.25, 0.3) is 114 Å². The van der Waals surface area contributed by atoms with Crippen molar-refractivity contribution >= 4 is 187 Å². The van der Waals surface area contributed by atoms with Gasteiger partial charge in [0.25, 0.3) is 35.4 Å². The molecule has 29 heteroatoms. The summed E-state index contributed by atoms with van der Waals surface area (Å²) in [4.78, 5) is 189. The Balaban J connectivity index is 0.000000124. The van der Waals surface area contributed by atoms with Gasteiger partial charge in [-0.25, -0.2) is 38.4 Å². The number of nitrogens with zero attached hydrogens (tertiary/aromatic N) is 3. The van der Waals surface area contributed by atoms with Crippen molar-refractivity contribution < 1.29 is 95.6 Å². The maximum Gasteiger partial charge on any atom is 0.338 e. The Kier molecular flexibility index (Phi) is 23.0. The van der Waals surface area contributed by atoms with E-state index >= 15 is 0 Å². The van der Waals surface area contributed by atoms with Crippen LogP contribution >= 0.6 is 0 Å². The Morgan fingerprint density at radius 2 is 0.664 bits per heavy atom. The molecule has 662 valence electrons. The lowest BCUT2D eigenvalue weighted by molar-refractivity contribution is 0.0590. The van der Waals surface area contributed by atoms with Gasteiger partial charge in [-0.15, -0.1) is 0 Å². The Bertz CT molecular complexity index is 7950. The van der Waals surface area contributed by atoms with Crippen LogP contribution in [0.5, 0.6) is 0 Å². The smallest absolute Gasteiger partial charge is 0.338 e. The third-order valence-corrected chi connectivity index (χ3v) is 24.3. The van der Waals surface area contributed by atoms with E-state index in [9.17, 15) is 71.9 Å². The van der Waals surface area contributed by atoms with Crippen LogP contribution in [-0.2, 0) is 23.7 Å². The number of allylic oxidation sites excluding steroid dienone is 4. The zero-order valence-electron chi connectivity index (χ0n) is 72.7. The number of ether oxygens (including phenoxy) is 5. The van der Waals surface area contributed by atoms with E-state index < -0.39 is 65.7 Å². The van der Waals surface area contributed by atoms with E-state index in [-0.39, 0.29) is 35.0 Å². The van der Waals surface area contributed by atoms with E-state index in [0.29, 0.717) is 150 Å². The second-order valence-electron chi connectivity index (χ2n) is 32.0. The molecule has 1 atom stereocenters. The van der Waals surface area contributed by atoms with Crippen LogP contribution in [0.2, 0.25) is 0 Å². The molecular weight excluding hydrogens is 1710 g/mol. The highest BCUT2D eigenvalue weighted by atomic mass is 16.5. The van der Waals surface area contributed by atoms with Crippen molar-refractivity contribution in [1.29, 1.82) is 0 Å². The van der Waals surface area contributed by atoms with Crippen LogP contribution in [0.4, 0.5) is 31.4 Å². The van der Waals surface area contributed by atoms with Gasteiger partial charge in [-0.1, -0.05) is 91.0 Å². The summed E-state index contributed by atoms with van der Waals surface area (Å²) in [5, 5.41) is 17.8. The second-order valence-corrected chi connectivity index (χ2v) is 32.0.